The fourth-order valence-corrected chi connectivity index (χ4v) is 3.56. The highest BCUT2D eigenvalue weighted by atomic mass is 16.6. The number of amides is 5. The van der Waals surface area contributed by atoms with Gasteiger partial charge in [-0.2, -0.15) is 0 Å². The van der Waals surface area contributed by atoms with Crippen molar-refractivity contribution in [3.8, 4) is 0 Å². The second-order valence-corrected chi connectivity index (χ2v) is 8.75. The van der Waals surface area contributed by atoms with Gasteiger partial charge in [0.15, 0.2) is 0 Å². The predicted octanol–water partition coefficient (Wildman–Crippen LogP) is 2.40. The number of benzene rings is 1. The molecule has 2 heterocycles. The Morgan fingerprint density at radius 2 is 1.62 bits per heavy atom. The molecule has 3 rings (SSSR count). The van der Waals surface area contributed by atoms with E-state index >= 15 is 0 Å². The molecule has 0 saturated carbocycles. The number of carbonyl (C=O) groups excluding carboxylic acids is 4. The number of carbonyl (C=O) groups is 4. The Labute approximate surface area is 187 Å². The van der Waals surface area contributed by atoms with Crippen molar-refractivity contribution in [2.24, 2.45) is 0 Å². The summed E-state index contributed by atoms with van der Waals surface area (Å²) in [5, 5.41) is 2.78. The normalized spacial score (nSPS) is 16.3. The van der Waals surface area contributed by atoms with Crippen LogP contribution in [0.2, 0.25) is 0 Å². The van der Waals surface area contributed by atoms with E-state index in [0.717, 1.165) is 0 Å². The Hall–Kier alpha value is -3.14. The first-order chi connectivity index (χ1) is 15.1. The summed E-state index contributed by atoms with van der Waals surface area (Å²) < 4.78 is 10.3. The summed E-state index contributed by atoms with van der Waals surface area (Å²) in [7, 11) is 1.56. The first-order valence-corrected chi connectivity index (χ1v) is 10.6. The number of hydrogen-bond donors (Lipinski definition) is 1. The van der Waals surface area contributed by atoms with E-state index in [1.54, 1.807) is 29.0 Å². The number of nitrogens with zero attached hydrogens (tertiary/aromatic N) is 3. The fourth-order valence-electron chi connectivity index (χ4n) is 3.56. The number of nitrogens with one attached hydrogen (secondary N) is 1. The number of imide groups is 1. The Balaban J connectivity index is 1.57. The molecular weight excluding hydrogens is 416 g/mol. The zero-order valence-electron chi connectivity index (χ0n) is 19.0. The van der Waals surface area contributed by atoms with Crippen molar-refractivity contribution in [1.82, 2.24) is 14.7 Å². The fraction of sp³-hybridized carbons (Fsp3) is 0.545. The van der Waals surface area contributed by atoms with Gasteiger partial charge in [0.25, 0.3) is 11.8 Å². The topological polar surface area (TPSA) is 108 Å². The summed E-state index contributed by atoms with van der Waals surface area (Å²) in [6, 6.07) is 4.36. The van der Waals surface area contributed by atoms with Crippen LogP contribution in [0.15, 0.2) is 18.2 Å². The van der Waals surface area contributed by atoms with E-state index in [0.29, 0.717) is 50.5 Å². The molecule has 0 unspecified atom stereocenters. The minimum atomic E-state index is -0.572. The lowest BCUT2D eigenvalue weighted by atomic mass is 10.1. The molecule has 10 nitrogen and oxygen atoms in total. The lowest BCUT2D eigenvalue weighted by molar-refractivity contribution is 0.0173. The van der Waals surface area contributed by atoms with Crippen LogP contribution in [0.5, 0.6) is 0 Å². The van der Waals surface area contributed by atoms with E-state index in [9.17, 15) is 19.2 Å². The van der Waals surface area contributed by atoms with Gasteiger partial charge in [0.2, 0.25) is 0 Å². The number of urea groups is 1. The molecule has 32 heavy (non-hydrogen) atoms. The van der Waals surface area contributed by atoms with E-state index in [-0.39, 0.29) is 30.0 Å². The zero-order chi connectivity index (χ0) is 23.5. The summed E-state index contributed by atoms with van der Waals surface area (Å²) in [4.78, 5) is 54.3. The molecule has 1 N–H and O–H groups in total. The third-order valence-electron chi connectivity index (χ3n) is 5.17. The van der Waals surface area contributed by atoms with Crippen LogP contribution in [0.4, 0.5) is 15.3 Å². The molecule has 2 aliphatic heterocycles. The number of hydrogen-bond acceptors (Lipinski definition) is 6. The van der Waals surface area contributed by atoms with E-state index < -0.39 is 11.7 Å². The molecule has 1 fully saturated rings. The lowest BCUT2D eigenvalue weighted by Crippen LogP contribution is -2.52. The minimum Gasteiger partial charge on any atom is -0.444 e. The summed E-state index contributed by atoms with van der Waals surface area (Å²) >= 11 is 0. The molecule has 2 aliphatic rings. The van der Waals surface area contributed by atoms with Crippen LogP contribution >= 0.6 is 0 Å². The summed E-state index contributed by atoms with van der Waals surface area (Å²) in [6.07, 6.45) is 0.162. The molecule has 0 aromatic heterocycles. The van der Waals surface area contributed by atoms with Crippen LogP contribution in [0.25, 0.3) is 0 Å². The zero-order valence-corrected chi connectivity index (χ0v) is 19.0. The maximum Gasteiger partial charge on any atom is 0.410 e. The maximum atomic E-state index is 12.7. The molecule has 1 aromatic carbocycles. The van der Waals surface area contributed by atoms with Gasteiger partial charge < -0.3 is 24.6 Å². The van der Waals surface area contributed by atoms with Crippen molar-refractivity contribution in [2.45, 2.75) is 32.8 Å². The number of methoxy groups -OCH3 is 1. The van der Waals surface area contributed by atoms with Crippen LogP contribution in [-0.2, 0) is 9.47 Å². The number of fused-ring (bicyclic) bond motifs is 1. The van der Waals surface area contributed by atoms with Gasteiger partial charge in [-0.15, -0.1) is 0 Å². The molecule has 0 spiro atoms. The van der Waals surface area contributed by atoms with Crippen LogP contribution in [0, 0.1) is 0 Å². The average Bonchev–Trinajstić information content (AvgIpc) is 2.97. The van der Waals surface area contributed by atoms with Crippen molar-refractivity contribution >= 4 is 29.6 Å². The summed E-state index contributed by atoms with van der Waals surface area (Å²) in [5.41, 5.74) is 0.469. The molecule has 10 heteroatoms. The van der Waals surface area contributed by atoms with Crippen LogP contribution in [-0.4, -0.2) is 90.7 Å². The molecule has 0 radical (unpaired) electrons. The Morgan fingerprint density at radius 3 is 2.25 bits per heavy atom. The molecule has 0 aliphatic carbocycles. The van der Waals surface area contributed by atoms with Crippen molar-refractivity contribution < 1.29 is 28.7 Å². The first-order valence-electron chi connectivity index (χ1n) is 10.6. The van der Waals surface area contributed by atoms with Crippen molar-refractivity contribution in [2.75, 3.05) is 51.8 Å². The van der Waals surface area contributed by atoms with Gasteiger partial charge in [0.05, 0.1) is 11.1 Å². The Kier molecular flexibility index (Phi) is 7.02. The highest BCUT2D eigenvalue weighted by molar-refractivity contribution is 6.21. The monoisotopic (exact) mass is 446 g/mol. The van der Waals surface area contributed by atoms with Gasteiger partial charge in [-0.25, -0.2) is 9.59 Å². The number of rotatable bonds is 5. The first kappa shape index (κ1) is 23.5. The van der Waals surface area contributed by atoms with Gasteiger partial charge in [0.1, 0.15) is 5.60 Å². The average molecular weight is 447 g/mol. The molecule has 174 valence electrons. The predicted molar refractivity (Wildman–Crippen MR) is 117 cm³/mol. The standard InChI is InChI=1S/C22H30N4O6/c1-22(2,3)32-21(30)25-11-9-24(10-12-25)20(29)23-15-6-7-16-17(14-15)19(28)26(18(16)27)8-5-13-31-4/h6-7,14H,5,8-13H2,1-4H3,(H,23,29). The van der Waals surface area contributed by atoms with Gasteiger partial charge in [-0.3, -0.25) is 14.5 Å². The summed E-state index contributed by atoms with van der Waals surface area (Å²) in [6.45, 7) is 7.63. The highest BCUT2D eigenvalue weighted by Gasteiger charge is 2.35. The Bertz CT molecular complexity index is 902. The van der Waals surface area contributed by atoms with E-state index in [4.69, 9.17) is 9.47 Å². The number of anilines is 1. The van der Waals surface area contributed by atoms with Gasteiger partial charge in [-0.1, -0.05) is 0 Å². The number of piperazine rings is 1. The van der Waals surface area contributed by atoms with Gasteiger partial charge >= 0.3 is 12.1 Å². The van der Waals surface area contributed by atoms with E-state index in [2.05, 4.69) is 5.32 Å². The molecule has 0 bridgehead atoms. The van der Waals surface area contributed by atoms with E-state index in [1.807, 2.05) is 20.8 Å². The highest BCUT2D eigenvalue weighted by Crippen LogP contribution is 2.26. The lowest BCUT2D eigenvalue weighted by Gasteiger charge is -2.35. The molecule has 0 atom stereocenters. The third kappa shape index (κ3) is 5.37. The van der Waals surface area contributed by atoms with Crippen LogP contribution in [0.3, 0.4) is 0 Å². The quantitative estimate of drug-likeness (QED) is 0.550. The number of ether oxygens (including phenoxy) is 2. The van der Waals surface area contributed by atoms with Gasteiger partial charge in [-0.05, 0) is 45.4 Å². The molecule has 5 amide bonds. The van der Waals surface area contributed by atoms with Crippen molar-refractivity contribution in [3.05, 3.63) is 29.3 Å². The second-order valence-electron chi connectivity index (χ2n) is 8.75. The largest absolute Gasteiger partial charge is 0.444 e. The smallest absolute Gasteiger partial charge is 0.410 e. The van der Waals surface area contributed by atoms with Crippen molar-refractivity contribution in [3.63, 3.8) is 0 Å². The van der Waals surface area contributed by atoms with Crippen LogP contribution in [0.1, 0.15) is 47.9 Å². The Morgan fingerprint density at radius 1 is 1.00 bits per heavy atom. The minimum absolute atomic E-state index is 0.278. The van der Waals surface area contributed by atoms with E-state index in [1.165, 1.54) is 11.0 Å². The van der Waals surface area contributed by atoms with Gasteiger partial charge in [0, 0.05) is 52.1 Å². The molecular formula is C22H30N4O6. The molecule has 1 aromatic rings. The van der Waals surface area contributed by atoms with Crippen molar-refractivity contribution in [1.29, 1.82) is 0 Å². The summed E-state index contributed by atoms with van der Waals surface area (Å²) in [5.74, 6) is -0.708. The maximum absolute atomic E-state index is 12.7. The third-order valence-corrected chi connectivity index (χ3v) is 5.17. The second kappa shape index (κ2) is 9.56. The van der Waals surface area contributed by atoms with Crippen LogP contribution < -0.4 is 5.32 Å². The molecule has 1 saturated heterocycles. The SMILES string of the molecule is COCCCN1C(=O)c2ccc(NC(=O)N3CCN(C(=O)OC(C)(C)C)CC3)cc2C1=O.